The number of nitrogens with one attached hydrogen (secondary N) is 1. The Labute approximate surface area is 119 Å². The number of hydrogen-bond acceptors (Lipinski definition) is 0. The van der Waals surface area contributed by atoms with Crippen LogP contribution >= 0.6 is 0 Å². The number of H-pyrrole nitrogens is 1. The molecule has 0 aliphatic heterocycles. The predicted molar refractivity (Wildman–Crippen MR) is 78.7 cm³/mol. The fraction of sp³-hybridized carbons (Fsp3) is 0.0588. The lowest BCUT2D eigenvalue weighted by molar-refractivity contribution is -0.137. The first-order valence-corrected chi connectivity index (χ1v) is 6.45. The molecule has 1 nitrogen and oxygen atoms in total. The quantitative estimate of drug-likeness (QED) is 0.653. The van der Waals surface area contributed by atoms with Gasteiger partial charge in [0, 0.05) is 16.6 Å². The topological polar surface area (TPSA) is 15.8 Å². The smallest absolute Gasteiger partial charge is 0.355 e. The maximum absolute atomic E-state index is 12.7. The molecule has 21 heavy (non-hydrogen) atoms. The van der Waals surface area contributed by atoms with Crippen molar-refractivity contribution in [3.05, 3.63) is 71.4 Å². The second-order valence-corrected chi connectivity index (χ2v) is 4.77. The van der Waals surface area contributed by atoms with Crippen molar-refractivity contribution in [2.45, 2.75) is 6.18 Å². The Morgan fingerprint density at radius 1 is 0.857 bits per heavy atom. The molecule has 0 atom stereocenters. The first-order chi connectivity index (χ1) is 10.0. The number of alkyl halides is 3. The molecule has 1 aromatic heterocycles. The van der Waals surface area contributed by atoms with Crippen molar-refractivity contribution in [3.63, 3.8) is 0 Å². The Balaban J connectivity index is 1.93. The van der Waals surface area contributed by atoms with Crippen molar-refractivity contribution in [2.75, 3.05) is 0 Å². The van der Waals surface area contributed by atoms with E-state index in [1.165, 1.54) is 6.07 Å². The minimum absolute atomic E-state index is 0.484. The molecule has 1 heterocycles. The average Bonchev–Trinajstić information content (AvgIpc) is 2.87. The van der Waals surface area contributed by atoms with E-state index in [9.17, 15) is 13.2 Å². The van der Waals surface area contributed by atoms with E-state index in [1.54, 1.807) is 0 Å². The van der Waals surface area contributed by atoms with Crippen molar-refractivity contribution >= 4 is 23.1 Å². The van der Waals surface area contributed by atoms with E-state index in [0.717, 1.165) is 28.8 Å². The van der Waals surface area contributed by atoms with Gasteiger partial charge in [0.1, 0.15) is 0 Å². The number of aromatic nitrogens is 1. The Kier molecular flexibility index (Phi) is 3.29. The maximum Gasteiger partial charge on any atom is 0.416 e. The summed E-state index contributed by atoms with van der Waals surface area (Å²) in [5.74, 6) is 0. The lowest BCUT2D eigenvalue weighted by Crippen LogP contribution is -2.03. The van der Waals surface area contributed by atoms with Gasteiger partial charge in [-0.3, -0.25) is 0 Å². The van der Waals surface area contributed by atoms with E-state index < -0.39 is 11.7 Å². The summed E-state index contributed by atoms with van der Waals surface area (Å²) >= 11 is 0. The molecule has 0 amide bonds. The third-order valence-electron chi connectivity index (χ3n) is 3.23. The minimum atomic E-state index is -4.32. The van der Waals surface area contributed by atoms with Crippen LogP contribution < -0.4 is 0 Å². The summed E-state index contributed by atoms with van der Waals surface area (Å²) in [7, 11) is 0. The molecule has 0 saturated carbocycles. The average molecular weight is 287 g/mol. The van der Waals surface area contributed by atoms with Crippen LogP contribution in [0.2, 0.25) is 0 Å². The molecule has 0 aliphatic carbocycles. The molecule has 0 bridgehead atoms. The van der Waals surface area contributed by atoms with Gasteiger partial charge in [-0.25, -0.2) is 0 Å². The SMILES string of the molecule is FC(F)(F)c1ccc2cc(/C=C/c3ccccc3)[nH]c2c1. The zero-order valence-electron chi connectivity index (χ0n) is 11.0. The highest BCUT2D eigenvalue weighted by Crippen LogP contribution is 2.31. The number of hydrogen-bond donors (Lipinski definition) is 1. The Morgan fingerprint density at radius 3 is 2.33 bits per heavy atom. The van der Waals surface area contributed by atoms with Crippen molar-refractivity contribution in [2.24, 2.45) is 0 Å². The monoisotopic (exact) mass is 287 g/mol. The summed E-state index contributed by atoms with van der Waals surface area (Å²) in [5.41, 5.74) is 1.65. The van der Waals surface area contributed by atoms with Crippen LogP contribution in [0.4, 0.5) is 13.2 Å². The molecule has 2 aromatic carbocycles. The standard InChI is InChI=1S/C17H12F3N/c18-17(19,20)14-8-7-13-10-15(21-16(13)11-14)9-6-12-4-2-1-3-5-12/h1-11,21H/b9-6+. The number of aromatic amines is 1. The van der Waals surface area contributed by atoms with Crippen molar-refractivity contribution < 1.29 is 13.2 Å². The molecule has 0 radical (unpaired) electrons. The highest BCUT2D eigenvalue weighted by atomic mass is 19.4. The first kappa shape index (κ1) is 13.5. The van der Waals surface area contributed by atoms with Crippen molar-refractivity contribution in [1.82, 2.24) is 4.98 Å². The van der Waals surface area contributed by atoms with E-state index in [2.05, 4.69) is 4.98 Å². The van der Waals surface area contributed by atoms with Gasteiger partial charge in [-0.05, 0) is 29.8 Å². The Hall–Kier alpha value is -2.49. The van der Waals surface area contributed by atoms with E-state index in [0.29, 0.717) is 5.52 Å². The first-order valence-electron chi connectivity index (χ1n) is 6.45. The van der Waals surface area contributed by atoms with Gasteiger partial charge in [0.25, 0.3) is 0 Å². The molecule has 3 aromatic rings. The fourth-order valence-corrected chi connectivity index (χ4v) is 2.17. The Morgan fingerprint density at radius 2 is 1.62 bits per heavy atom. The highest BCUT2D eigenvalue weighted by Gasteiger charge is 2.30. The van der Waals surface area contributed by atoms with Crippen LogP contribution in [0, 0.1) is 0 Å². The largest absolute Gasteiger partial charge is 0.416 e. The van der Waals surface area contributed by atoms with Gasteiger partial charge in [-0.2, -0.15) is 13.2 Å². The zero-order valence-corrected chi connectivity index (χ0v) is 11.0. The van der Waals surface area contributed by atoms with E-state index in [1.807, 2.05) is 48.6 Å². The second kappa shape index (κ2) is 5.13. The summed E-state index contributed by atoms with van der Waals surface area (Å²) < 4.78 is 38.0. The van der Waals surface area contributed by atoms with Crippen LogP contribution in [-0.2, 0) is 6.18 Å². The molecule has 0 aliphatic rings. The van der Waals surface area contributed by atoms with Crippen LogP contribution in [0.1, 0.15) is 16.8 Å². The summed E-state index contributed by atoms with van der Waals surface area (Å²) in [6.07, 6.45) is -0.558. The summed E-state index contributed by atoms with van der Waals surface area (Å²) in [6, 6.07) is 15.3. The zero-order chi connectivity index (χ0) is 14.9. The summed E-state index contributed by atoms with van der Waals surface area (Å²) in [6.45, 7) is 0. The highest BCUT2D eigenvalue weighted by molar-refractivity contribution is 5.85. The van der Waals surface area contributed by atoms with Crippen LogP contribution in [0.15, 0.2) is 54.6 Å². The maximum atomic E-state index is 12.7. The molecule has 4 heteroatoms. The number of rotatable bonds is 2. The van der Waals surface area contributed by atoms with Gasteiger partial charge in [0.05, 0.1) is 5.56 Å². The van der Waals surface area contributed by atoms with Gasteiger partial charge in [0.15, 0.2) is 0 Å². The molecule has 3 rings (SSSR count). The molecule has 106 valence electrons. The second-order valence-electron chi connectivity index (χ2n) is 4.77. The third-order valence-corrected chi connectivity index (χ3v) is 3.23. The van der Waals surface area contributed by atoms with Crippen molar-refractivity contribution in [1.29, 1.82) is 0 Å². The number of fused-ring (bicyclic) bond motifs is 1. The molecule has 0 spiro atoms. The van der Waals surface area contributed by atoms with Gasteiger partial charge >= 0.3 is 6.18 Å². The van der Waals surface area contributed by atoms with Gasteiger partial charge < -0.3 is 4.98 Å². The van der Waals surface area contributed by atoms with Crippen LogP contribution in [0.5, 0.6) is 0 Å². The fourth-order valence-electron chi connectivity index (χ4n) is 2.17. The van der Waals surface area contributed by atoms with Gasteiger partial charge in [-0.1, -0.05) is 42.5 Å². The predicted octanol–water partition coefficient (Wildman–Crippen LogP) is 5.36. The molecule has 0 fully saturated rings. The van der Waals surface area contributed by atoms with Crippen LogP contribution in [0.3, 0.4) is 0 Å². The Bertz CT molecular complexity index is 783. The minimum Gasteiger partial charge on any atom is -0.355 e. The van der Waals surface area contributed by atoms with Crippen LogP contribution in [-0.4, -0.2) is 4.98 Å². The third kappa shape index (κ3) is 2.99. The molecular formula is C17H12F3N. The van der Waals surface area contributed by atoms with E-state index in [4.69, 9.17) is 0 Å². The van der Waals surface area contributed by atoms with Crippen LogP contribution in [0.25, 0.3) is 23.1 Å². The van der Waals surface area contributed by atoms with Gasteiger partial charge in [-0.15, -0.1) is 0 Å². The number of halogens is 3. The van der Waals surface area contributed by atoms with Crippen molar-refractivity contribution in [3.8, 4) is 0 Å². The number of benzene rings is 2. The molecule has 1 N–H and O–H groups in total. The summed E-state index contributed by atoms with van der Waals surface area (Å²) in [5, 5.41) is 0.760. The van der Waals surface area contributed by atoms with E-state index >= 15 is 0 Å². The lowest BCUT2D eigenvalue weighted by Gasteiger charge is -2.05. The normalized spacial score (nSPS) is 12.3. The molecule has 0 unspecified atom stereocenters. The summed E-state index contributed by atoms with van der Waals surface area (Å²) in [4.78, 5) is 2.99. The lowest BCUT2D eigenvalue weighted by atomic mass is 10.1. The molecule has 0 saturated heterocycles. The van der Waals surface area contributed by atoms with Gasteiger partial charge in [0.2, 0.25) is 0 Å². The molecular weight excluding hydrogens is 275 g/mol. The van der Waals surface area contributed by atoms with E-state index in [-0.39, 0.29) is 0 Å².